The van der Waals surface area contributed by atoms with Gasteiger partial charge in [-0.25, -0.2) is 9.97 Å². The number of ether oxygens (including phenoxy) is 1. The number of hydrogen-bond acceptors (Lipinski definition) is 7. The second kappa shape index (κ2) is 9.86. The first-order valence-electron chi connectivity index (χ1n) is 11.3. The topological polar surface area (TPSA) is 78.9 Å². The van der Waals surface area contributed by atoms with Gasteiger partial charge in [-0.15, -0.1) is 11.3 Å². The molecule has 2 aliphatic heterocycles. The van der Waals surface area contributed by atoms with Gasteiger partial charge in [0, 0.05) is 63.0 Å². The van der Waals surface area contributed by atoms with E-state index in [4.69, 9.17) is 4.74 Å². The fourth-order valence-corrected chi connectivity index (χ4v) is 4.75. The Morgan fingerprint density at radius 2 is 1.75 bits per heavy atom. The van der Waals surface area contributed by atoms with Crippen LogP contribution in [-0.2, 0) is 6.18 Å². The van der Waals surface area contributed by atoms with E-state index in [1.807, 2.05) is 4.90 Å². The first-order chi connectivity index (χ1) is 17.3. The fourth-order valence-electron chi connectivity index (χ4n) is 4.23. The van der Waals surface area contributed by atoms with Gasteiger partial charge in [0.1, 0.15) is 11.4 Å². The van der Waals surface area contributed by atoms with Gasteiger partial charge in [0.15, 0.2) is 0 Å². The monoisotopic (exact) mass is 517 g/mol. The van der Waals surface area contributed by atoms with Crippen molar-refractivity contribution in [3.63, 3.8) is 0 Å². The highest BCUT2D eigenvalue weighted by molar-refractivity contribution is 7.07. The van der Waals surface area contributed by atoms with Crippen molar-refractivity contribution in [2.75, 3.05) is 39.3 Å². The molecule has 8 nitrogen and oxygen atoms in total. The summed E-state index contributed by atoms with van der Waals surface area (Å²) in [7, 11) is 0. The number of nitrogens with zero attached hydrogens (tertiary/aromatic N) is 5. The van der Waals surface area contributed by atoms with Crippen molar-refractivity contribution in [1.82, 2.24) is 24.7 Å². The third-order valence-corrected chi connectivity index (χ3v) is 6.87. The molecule has 2 fully saturated rings. The number of thiazole rings is 1. The number of likely N-dealkylation sites (tertiary alicyclic amines) is 1. The van der Waals surface area contributed by atoms with E-state index < -0.39 is 11.7 Å². The molecular weight excluding hydrogens is 495 g/mol. The summed E-state index contributed by atoms with van der Waals surface area (Å²) in [6.07, 6.45) is -3.10. The molecule has 0 unspecified atom stereocenters. The molecule has 5 rings (SSSR count). The first kappa shape index (κ1) is 24.2. The van der Waals surface area contributed by atoms with Crippen LogP contribution in [0.2, 0.25) is 0 Å². The van der Waals surface area contributed by atoms with E-state index in [9.17, 15) is 22.8 Å². The highest BCUT2D eigenvalue weighted by Crippen LogP contribution is 2.32. The number of benzene rings is 1. The Morgan fingerprint density at radius 1 is 0.972 bits per heavy atom. The number of carbonyl (C=O) groups is 2. The van der Waals surface area contributed by atoms with Crippen LogP contribution in [-0.4, -0.2) is 81.8 Å². The molecule has 4 heterocycles. The van der Waals surface area contributed by atoms with E-state index >= 15 is 0 Å². The van der Waals surface area contributed by atoms with Gasteiger partial charge in [-0.1, -0.05) is 6.07 Å². The van der Waals surface area contributed by atoms with Gasteiger partial charge in [-0.05, 0) is 24.3 Å². The predicted molar refractivity (Wildman–Crippen MR) is 125 cm³/mol. The Kier molecular flexibility index (Phi) is 6.63. The number of carbonyl (C=O) groups excluding carboxylic acids is 2. The fraction of sp³-hybridized carbons (Fsp3) is 0.333. The lowest BCUT2D eigenvalue weighted by Crippen LogP contribution is -2.64. The van der Waals surface area contributed by atoms with Gasteiger partial charge in [-0.3, -0.25) is 14.5 Å². The molecule has 0 bridgehead atoms. The highest BCUT2D eigenvalue weighted by Gasteiger charge is 2.37. The zero-order chi connectivity index (χ0) is 25.3. The maximum atomic E-state index is 12.9. The number of halogens is 3. The zero-order valence-electron chi connectivity index (χ0n) is 19.0. The van der Waals surface area contributed by atoms with Crippen LogP contribution >= 0.6 is 11.3 Å². The van der Waals surface area contributed by atoms with Gasteiger partial charge in [-0.2, -0.15) is 13.2 Å². The van der Waals surface area contributed by atoms with E-state index in [2.05, 4.69) is 14.9 Å². The number of aromatic nitrogens is 2. The van der Waals surface area contributed by atoms with Gasteiger partial charge in [0.05, 0.1) is 16.6 Å². The van der Waals surface area contributed by atoms with E-state index in [-0.39, 0.29) is 29.5 Å². The molecule has 3 aromatic rings. The van der Waals surface area contributed by atoms with Gasteiger partial charge >= 0.3 is 6.18 Å². The number of hydrogen-bond donors (Lipinski definition) is 0. The number of alkyl halides is 3. The summed E-state index contributed by atoms with van der Waals surface area (Å²) < 4.78 is 44.1. The second-order valence-corrected chi connectivity index (χ2v) is 9.30. The summed E-state index contributed by atoms with van der Waals surface area (Å²) in [5.74, 6) is -0.108. The number of amides is 2. The van der Waals surface area contributed by atoms with E-state index in [0.717, 1.165) is 25.2 Å². The molecule has 2 aliphatic rings. The summed E-state index contributed by atoms with van der Waals surface area (Å²) in [6.45, 7) is 3.90. The van der Waals surface area contributed by atoms with Gasteiger partial charge < -0.3 is 14.5 Å². The van der Waals surface area contributed by atoms with Gasteiger partial charge in [0.25, 0.3) is 11.8 Å². The van der Waals surface area contributed by atoms with Crippen LogP contribution in [0.25, 0.3) is 0 Å². The van der Waals surface area contributed by atoms with Crippen molar-refractivity contribution in [3.05, 3.63) is 70.3 Å². The SMILES string of the molecule is O=C(c1ccc(Oc2cccc(C(F)(F)F)c2)nc1)N1CC(N2CCN(C(=O)c3cscn3)CC2)C1. The second-order valence-electron chi connectivity index (χ2n) is 8.58. The first-order valence-corrected chi connectivity index (χ1v) is 12.2. The summed E-state index contributed by atoms with van der Waals surface area (Å²) in [5.41, 5.74) is 1.69. The standard InChI is InChI=1S/C24H22F3N5O3S/c25-24(26,27)17-2-1-3-19(10-17)35-21-5-4-16(11-28-21)22(33)32-12-18(13-32)30-6-8-31(9-7-30)23(34)20-14-36-15-29-20/h1-5,10-11,14-15,18H,6-9,12-13H2. The molecule has 0 atom stereocenters. The molecule has 2 saturated heterocycles. The molecule has 12 heteroatoms. The van der Waals surface area contributed by atoms with Crippen molar-refractivity contribution < 1.29 is 27.5 Å². The maximum Gasteiger partial charge on any atom is 0.416 e. The van der Waals surface area contributed by atoms with Gasteiger partial charge in [0.2, 0.25) is 5.88 Å². The van der Waals surface area contributed by atoms with E-state index in [1.54, 1.807) is 21.9 Å². The van der Waals surface area contributed by atoms with Crippen LogP contribution in [0.3, 0.4) is 0 Å². The van der Waals surface area contributed by atoms with Crippen LogP contribution in [0.1, 0.15) is 26.4 Å². The molecule has 0 saturated carbocycles. The van der Waals surface area contributed by atoms with Crippen LogP contribution < -0.4 is 4.74 Å². The van der Waals surface area contributed by atoms with Crippen molar-refractivity contribution in [2.24, 2.45) is 0 Å². The molecule has 0 spiro atoms. The Balaban J connectivity index is 1.10. The quantitative estimate of drug-likeness (QED) is 0.515. The minimum atomic E-state index is -4.47. The lowest BCUT2D eigenvalue weighted by Gasteiger charge is -2.48. The summed E-state index contributed by atoms with van der Waals surface area (Å²) in [6, 6.07) is 7.78. The molecule has 0 aliphatic carbocycles. The maximum absolute atomic E-state index is 12.9. The lowest BCUT2D eigenvalue weighted by molar-refractivity contribution is -0.137. The lowest BCUT2D eigenvalue weighted by atomic mass is 10.0. The third-order valence-electron chi connectivity index (χ3n) is 6.29. The molecule has 188 valence electrons. The van der Waals surface area contributed by atoms with Crippen LogP contribution in [0, 0.1) is 0 Å². The summed E-state index contributed by atoms with van der Waals surface area (Å²) >= 11 is 1.40. The average Bonchev–Trinajstić information content (AvgIpc) is 3.38. The van der Waals surface area contributed by atoms with Crippen molar-refractivity contribution >= 4 is 23.2 Å². The minimum Gasteiger partial charge on any atom is -0.439 e. The zero-order valence-corrected chi connectivity index (χ0v) is 19.8. The smallest absolute Gasteiger partial charge is 0.416 e. The normalized spacial score (nSPS) is 17.1. The number of piperazine rings is 1. The Labute approximate surface area is 208 Å². The summed E-state index contributed by atoms with van der Waals surface area (Å²) in [4.78, 5) is 39.2. The molecule has 2 amide bonds. The molecule has 0 N–H and O–H groups in total. The Morgan fingerprint density at radius 3 is 2.39 bits per heavy atom. The highest BCUT2D eigenvalue weighted by atomic mass is 32.1. The molecule has 1 aromatic carbocycles. The van der Waals surface area contributed by atoms with Crippen molar-refractivity contribution in [3.8, 4) is 11.6 Å². The molecule has 2 aromatic heterocycles. The number of rotatable bonds is 5. The predicted octanol–water partition coefficient (Wildman–Crippen LogP) is 3.63. The molecular formula is C24H22F3N5O3S. The largest absolute Gasteiger partial charge is 0.439 e. The third kappa shape index (κ3) is 5.19. The van der Waals surface area contributed by atoms with Crippen LogP contribution in [0.4, 0.5) is 13.2 Å². The van der Waals surface area contributed by atoms with E-state index in [1.165, 1.54) is 35.7 Å². The van der Waals surface area contributed by atoms with Crippen LogP contribution in [0.15, 0.2) is 53.5 Å². The van der Waals surface area contributed by atoms with Crippen LogP contribution in [0.5, 0.6) is 11.6 Å². The van der Waals surface area contributed by atoms with Crippen molar-refractivity contribution in [2.45, 2.75) is 12.2 Å². The van der Waals surface area contributed by atoms with Crippen molar-refractivity contribution in [1.29, 1.82) is 0 Å². The summed E-state index contributed by atoms with van der Waals surface area (Å²) in [5, 5.41) is 1.75. The molecule has 0 radical (unpaired) electrons. The molecule has 36 heavy (non-hydrogen) atoms. The Bertz CT molecular complexity index is 1220. The van der Waals surface area contributed by atoms with E-state index in [0.29, 0.717) is 37.4 Å². The Hall–Kier alpha value is -3.51. The minimum absolute atomic E-state index is 0.00960. The average molecular weight is 518 g/mol. The number of pyridine rings is 1.